The zero-order chi connectivity index (χ0) is 12.3. The van der Waals surface area contributed by atoms with Gasteiger partial charge in [-0.1, -0.05) is 19.1 Å². The van der Waals surface area contributed by atoms with Gasteiger partial charge in [-0.15, -0.1) is 0 Å². The zero-order valence-electron chi connectivity index (χ0n) is 10.6. The fourth-order valence-corrected chi connectivity index (χ4v) is 2.59. The molecular formula is C14H21NO2. The van der Waals surface area contributed by atoms with Crippen LogP contribution in [0.2, 0.25) is 0 Å². The number of nitrogens with two attached hydrogens (primary N) is 1. The third-order valence-electron chi connectivity index (χ3n) is 3.60. The van der Waals surface area contributed by atoms with E-state index in [1.54, 1.807) is 7.11 Å². The molecule has 0 spiro atoms. The molecule has 3 heteroatoms. The summed E-state index contributed by atoms with van der Waals surface area (Å²) in [6, 6.07) is 8.06. The van der Waals surface area contributed by atoms with E-state index in [0.29, 0.717) is 12.0 Å². The van der Waals surface area contributed by atoms with Gasteiger partial charge in [0, 0.05) is 18.6 Å². The summed E-state index contributed by atoms with van der Waals surface area (Å²) in [6.45, 7) is 2.99. The van der Waals surface area contributed by atoms with Crippen molar-refractivity contribution < 1.29 is 9.47 Å². The van der Waals surface area contributed by atoms with E-state index in [2.05, 4.69) is 13.0 Å². The fourth-order valence-electron chi connectivity index (χ4n) is 2.59. The van der Waals surface area contributed by atoms with Crippen LogP contribution in [0.3, 0.4) is 0 Å². The molecule has 3 nitrogen and oxygen atoms in total. The molecule has 1 saturated heterocycles. The van der Waals surface area contributed by atoms with Crippen molar-refractivity contribution >= 4 is 0 Å². The predicted molar refractivity (Wildman–Crippen MR) is 68.1 cm³/mol. The molecule has 0 radical (unpaired) electrons. The van der Waals surface area contributed by atoms with Crippen LogP contribution in [0.5, 0.6) is 5.75 Å². The van der Waals surface area contributed by atoms with Gasteiger partial charge in [-0.25, -0.2) is 0 Å². The zero-order valence-corrected chi connectivity index (χ0v) is 10.6. The molecule has 0 saturated carbocycles. The summed E-state index contributed by atoms with van der Waals surface area (Å²) in [5, 5.41) is 0. The van der Waals surface area contributed by atoms with Crippen molar-refractivity contribution in [3.05, 3.63) is 29.8 Å². The minimum absolute atomic E-state index is 0.0394. The van der Waals surface area contributed by atoms with Crippen LogP contribution in [-0.2, 0) is 4.74 Å². The van der Waals surface area contributed by atoms with Crippen LogP contribution in [-0.4, -0.2) is 19.8 Å². The number of ether oxygens (including phenoxy) is 2. The Labute approximate surface area is 103 Å². The van der Waals surface area contributed by atoms with Gasteiger partial charge in [0.05, 0.1) is 13.2 Å². The summed E-state index contributed by atoms with van der Waals surface area (Å²) < 4.78 is 10.9. The molecule has 0 amide bonds. The average Bonchev–Trinajstić information content (AvgIpc) is 2.86. The molecule has 1 aromatic rings. The second kappa shape index (κ2) is 5.52. The Balaban J connectivity index is 2.15. The molecule has 2 rings (SSSR count). The van der Waals surface area contributed by atoms with E-state index in [9.17, 15) is 0 Å². The van der Waals surface area contributed by atoms with Gasteiger partial charge in [-0.3, -0.25) is 0 Å². The molecule has 94 valence electrons. The van der Waals surface area contributed by atoms with E-state index in [4.69, 9.17) is 15.2 Å². The van der Waals surface area contributed by atoms with Gasteiger partial charge >= 0.3 is 0 Å². The minimum Gasteiger partial charge on any atom is -0.497 e. The van der Waals surface area contributed by atoms with Crippen molar-refractivity contribution in [2.75, 3.05) is 13.7 Å². The van der Waals surface area contributed by atoms with Crippen LogP contribution < -0.4 is 10.5 Å². The van der Waals surface area contributed by atoms with Gasteiger partial charge in [0.2, 0.25) is 0 Å². The van der Waals surface area contributed by atoms with Crippen LogP contribution >= 0.6 is 0 Å². The smallest absolute Gasteiger partial charge is 0.119 e. The summed E-state index contributed by atoms with van der Waals surface area (Å²) in [7, 11) is 1.68. The quantitative estimate of drug-likeness (QED) is 0.872. The maximum atomic E-state index is 6.35. The lowest BCUT2D eigenvalue weighted by Gasteiger charge is -2.24. The number of benzene rings is 1. The van der Waals surface area contributed by atoms with Gasteiger partial charge in [0.15, 0.2) is 0 Å². The van der Waals surface area contributed by atoms with Gasteiger partial charge in [0.1, 0.15) is 5.75 Å². The van der Waals surface area contributed by atoms with Gasteiger partial charge in [-0.2, -0.15) is 0 Å². The van der Waals surface area contributed by atoms with Crippen molar-refractivity contribution in [3.8, 4) is 5.75 Å². The summed E-state index contributed by atoms with van der Waals surface area (Å²) in [6.07, 6.45) is 2.38. The van der Waals surface area contributed by atoms with Gasteiger partial charge in [0.25, 0.3) is 0 Å². The van der Waals surface area contributed by atoms with Crippen molar-refractivity contribution in [3.63, 3.8) is 0 Å². The van der Waals surface area contributed by atoms with Crippen LogP contribution in [0, 0.1) is 5.92 Å². The van der Waals surface area contributed by atoms with Gasteiger partial charge < -0.3 is 15.2 Å². The molecule has 1 fully saturated rings. The largest absolute Gasteiger partial charge is 0.497 e. The van der Waals surface area contributed by atoms with Crippen molar-refractivity contribution in [2.24, 2.45) is 11.7 Å². The SMILES string of the molecule is CCC1OCCC1C(N)c1cccc(OC)c1. The monoisotopic (exact) mass is 235 g/mol. The Kier molecular flexibility index (Phi) is 4.02. The number of methoxy groups -OCH3 is 1. The second-order valence-corrected chi connectivity index (χ2v) is 4.57. The lowest BCUT2D eigenvalue weighted by molar-refractivity contribution is 0.0813. The highest BCUT2D eigenvalue weighted by Gasteiger charge is 2.32. The average molecular weight is 235 g/mol. The maximum absolute atomic E-state index is 6.35. The van der Waals surface area contributed by atoms with Crippen molar-refractivity contribution in [1.82, 2.24) is 0 Å². The highest BCUT2D eigenvalue weighted by atomic mass is 16.5. The molecule has 0 bridgehead atoms. The first-order valence-electron chi connectivity index (χ1n) is 6.27. The summed E-state index contributed by atoms with van der Waals surface area (Å²) in [5.74, 6) is 1.29. The molecule has 1 aromatic carbocycles. The molecule has 0 aliphatic carbocycles. The molecule has 1 heterocycles. The molecule has 2 N–H and O–H groups in total. The Morgan fingerprint density at radius 3 is 3.06 bits per heavy atom. The summed E-state index contributed by atoms with van der Waals surface area (Å²) in [5.41, 5.74) is 7.49. The Bertz CT molecular complexity index is 367. The third-order valence-corrected chi connectivity index (χ3v) is 3.60. The van der Waals surface area contributed by atoms with Crippen LogP contribution in [0.1, 0.15) is 31.4 Å². The fraction of sp³-hybridized carbons (Fsp3) is 0.571. The van der Waals surface area contributed by atoms with E-state index in [0.717, 1.165) is 30.8 Å². The molecule has 1 aliphatic rings. The summed E-state index contributed by atoms with van der Waals surface area (Å²) in [4.78, 5) is 0. The van der Waals surface area contributed by atoms with Crippen molar-refractivity contribution in [1.29, 1.82) is 0 Å². The van der Waals surface area contributed by atoms with E-state index in [-0.39, 0.29) is 6.04 Å². The first-order chi connectivity index (χ1) is 8.26. The molecule has 3 unspecified atom stereocenters. The first-order valence-corrected chi connectivity index (χ1v) is 6.27. The summed E-state index contributed by atoms with van der Waals surface area (Å²) >= 11 is 0. The van der Waals surface area contributed by atoms with E-state index in [1.807, 2.05) is 18.2 Å². The number of rotatable bonds is 4. The first kappa shape index (κ1) is 12.4. The molecule has 17 heavy (non-hydrogen) atoms. The minimum atomic E-state index is 0.0394. The van der Waals surface area contributed by atoms with Gasteiger partial charge in [-0.05, 0) is 30.5 Å². The lowest BCUT2D eigenvalue weighted by atomic mass is 9.87. The Morgan fingerprint density at radius 2 is 2.35 bits per heavy atom. The Hall–Kier alpha value is -1.06. The maximum Gasteiger partial charge on any atom is 0.119 e. The van der Waals surface area contributed by atoms with Crippen molar-refractivity contribution in [2.45, 2.75) is 31.9 Å². The number of hydrogen-bond acceptors (Lipinski definition) is 3. The second-order valence-electron chi connectivity index (χ2n) is 4.57. The molecule has 1 aliphatic heterocycles. The highest BCUT2D eigenvalue weighted by molar-refractivity contribution is 5.31. The molecule has 0 aromatic heterocycles. The topological polar surface area (TPSA) is 44.5 Å². The normalized spacial score (nSPS) is 25.8. The molecular weight excluding hydrogens is 214 g/mol. The third kappa shape index (κ3) is 2.61. The Morgan fingerprint density at radius 1 is 1.53 bits per heavy atom. The van der Waals surface area contributed by atoms with Crippen LogP contribution in [0.15, 0.2) is 24.3 Å². The molecule has 3 atom stereocenters. The highest BCUT2D eigenvalue weighted by Crippen LogP contribution is 2.34. The van der Waals surface area contributed by atoms with E-state index < -0.39 is 0 Å². The standard InChI is InChI=1S/C14H21NO2/c1-3-13-12(7-8-17-13)14(15)10-5-4-6-11(9-10)16-2/h4-6,9,12-14H,3,7-8,15H2,1-2H3. The van der Waals surface area contributed by atoms with Crippen LogP contribution in [0.25, 0.3) is 0 Å². The van der Waals surface area contributed by atoms with E-state index in [1.165, 1.54) is 0 Å². The van der Waals surface area contributed by atoms with Crippen LogP contribution in [0.4, 0.5) is 0 Å². The lowest BCUT2D eigenvalue weighted by Crippen LogP contribution is -2.27. The predicted octanol–water partition coefficient (Wildman–Crippen LogP) is 2.51. The number of hydrogen-bond donors (Lipinski definition) is 1. The van der Waals surface area contributed by atoms with E-state index >= 15 is 0 Å².